The van der Waals surface area contributed by atoms with Crippen molar-refractivity contribution in [3.05, 3.63) is 42.2 Å². The van der Waals surface area contributed by atoms with Crippen LogP contribution in [0.25, 0.3) is 11.1 Å². The van der Waals surface area contributed by atoms with Gasteiger partial charge < -0.3 is 14.6 Å². The molecule has 2 heterocycles. The zero-order chi connectivity index (χ0) is 16.4. The van der Waals surface area contributed by atoms with Crippen LogP contribution in [0.15, 0.2) is 36.7 Å². The summed E-state index contributed by atoms with van der Waals surface area (Å²) >= 11 is 0. The van der Waals surface area contributed by atoms with Gasteiger partial charge in [-0.05, 0) is 30.0 Å². The van der Waals surface area contributed by atoms with Crippen molar-refractivity contribution in [1.29, 1.82) is 0 Å². The minimum Gasteiger partial charge on any atom is -0.496 e. The molecule has 23 heavy (non-hydrogen) atoms. The maximum absolute atomic E-state index is 9.84. The van der Waals surface area contributed by atoms with E-state index in [1.807, 2.05) is 30.5 Å². The summed E-state index contributed by atoms with van der Waals surface area (Å²) in [4.78, 5) is 4.18. The van der Waals surface area contributed by atoms with Gasteiger partial charge in [0.2, 0.25) is 0 Å². The van der Waals surface area contributed by atoms with Gasteiger partial charge in [0.25, 0.3) is 0 Å². The van der Waals surface area contributed by atoms with Crippen molar-refractivity contribution >= 4 is 0 Å². The van der Waals surface area contributed by atoms with Crippen molar-refractivity contribution in [3.63, 3.8) is 0 Å². The maximum Gasteiger partial charge on any atom is 0.127 e. The van der Waals surface area contributed by atoms with Crippen LogP contribution in [0.1, 0.15) is 31.7 Å². The summed E-state index contributed by atoms with van der Waals surface area (Å²) < 4.78 is 11.7. The number of benzene rings is 1. The predicted molar refractivity (Wildman–Crippen MR) is 89.9 cm³/mol. The molecular formula is C19H23NO3. The molecule has 0 saturated heterocycles. The van der Waals surface area contributed by atoms with Crippen LogP contribution in [0.3, 0.4) is 0 Å². The van der Waals surface area contributed by atoms with Crippen molar-refractivity contribution in [1.82, 2.24) is 4.98 Å². The number of nitrogens with zero attached hydrogens (tertiary/aromatic N) is 1. The molecular weight excluding hydrogens is 290 g/mol. The van der Waals surface area contributed by atoms with Crippen molar-refractivity contribution in [2.24, 2.45) is 5.41 Å². The highest BCUT2D eigenvalue weighted by atomic mass is 16.5. The Bertz CT molecular complexity index is 683. The van der Waals surface area contributed by atoms with E-state index in [2.05, 4.69) is 18.8 Å². The van der Waals surface area contributed by atoms with Crippen molar-refractivity contribution in [3.8, 4) is 22.6 Å². The minimum atomic E-state index is 0.0219. The number of aliphatic hydroxyl groups excluding tert-OH is 1. The second-order valence-electron chi connectivity index (χ2n) is 6.87. The van der Waals surface area contributed by atoms with Crippen molar-refractivity contribution in [2.75, 3.05) is 20.3 Å². The molecule has 1 aromatic heterocycles. The maximum atomic E-state index is 9.84. The van der Waals surface area contributed by atoms with Gasteiger partial charge in [-0.15, -0.1) is 0 Å². The first-order chi connectivity index (χ1) is 11.0. The van der Waals surface area contributed by atoms with E-state index in [0.717, 1.165) is 34.6 Å². The Labute approximate surface area is 137 Å². The number of fused-ring (bicyclic) bond motifs is 1. The first-order valence-electron chi connectivity index (χ1n) is 7.90. The molecule has 122 valence electrons. The number of rotatable bonds is 3. The normalized spacial score (nSPS) is 19.4. The van der Waals surface area contributed by atoms with Gasteiger partial charge in [-0.25, -0.2) is 0 Å². The van der Waals surface area contributed by atoms with Crippen molar-refractivity contribution in [2.45, 2.75) is 26.2 Å². The molecule has 1 aliphatic heterocycles. The zero-order valence-corrected chi connectivity index (χ0v) is 13.9. The predicted octanol–water partition coefficient (Wildman–Crippen LogP) is 3.64. The van der Waals surface area contributed by atoms with Gasteiger partial charge in [0.05, 0.1) is 20.3 Å². The third-order valence-corrected chi connectivity index (χ3v) is 4.38. The second kappa shape index (κ2) is 6.20. The molecule has 1 aliphatic rings. The second-order valence-corrected chi connectivity index (χ2v) is 6.87. The van der Waals surface area contributed by atoms with E-state index in [0.29, 0.717) is 6.61 Å². The number of hydrogen-bond donors (Lipinski definition) is 1. The smallest absolute Gasteiger partial charge is 0.127 e. The standard InChI is InChI=1S/C19H23NO3/c1-19(2)9-14(11-21)16-7-17(22-3)15(8-18(16)23-12-19)13-5-4-6-20-10-13/h4-8,10,14,21H,9,11-12H2,1-3H3. The van der Waals surface area contributed by atoms with Crippen LogP contribution in [0.2, 0.25) is 0 Å². The van der Waals surface area contributed by atoms with Gasteiger partial charge in [0.1, 0.15) is 11.5 Å². The summed E-state index contributed by atoms with van der Waals surface area (Å²) in [5.41, 5.74) is 2.98. The van der Waals surface area contributed by atoms with Crippen LogP contribution in [0.4, 0.5) is 0 Å². The lowest BCUT2D eigenvalue weighted by Crippen LogP contribution is -2.22. The topological polar surface area (TPSA) is 51.6 Å². The molecule has 2 aromatic rings. The van der Waals surface area contributed by atoms with Crippen LogP contribution in [0, 0.1) is 5.41 Å². The molecule has 1 aromatic carbocycles. The fourth-order valence-electron chi connectivity index (χ4n) is 3.21. The number of aromatic nitrogens is 1. The summed E-state index contributed by atoms with van der Waals surface area (Å²) in [6.45, 7) is 5.08. The fourth-order valence-corrected chi connectivity index (χ4v) is 3.21. The monoisotopic (exact) mass is 313 g/mol. The summed E-state index contributed by atoms with van der Waals surface area (Å²) in [6, 6.07) is 7.91. The van der Waals surface area contributed by atoms with Crippen LogP contribution in [-0.4, -0.2) is 30.4 Å². The lowest BCUT2D eigenvalue weighted by atomic mass is 9.81. The Hall–Kier alpha value is -2.07. The quantitative estimate of drug-likeness (QED) is 0.940. The highest BCUT2D eigenvalue weighted by Crippen LogP contribution is 2.44. The minimum absolute atomic E-state index is 0.0219. The third kappa shape index (κ3) is 3.17. The third-order valence-electron chi connectivity index (χ3n) is 4.38. The average molecular weight is 313 g/mol. The van der Waals surface area contributed by atoms with E-state index in [1.165, 1.54) is 0 Å². The fraction of sp³-hybridized carbons (Fsp3) is 0.421. The lowest BCUT2D eigenvalue weighted by Gasteiger charge is -2.24. The molecule has 1 N–H and O–H groups in total. The van der Waals surface area contributed by atoms with Gasteiger partial charge in [0, 0.05) is 35.0 Å². The summed E-state index contributed by atoms with van der Waals surface area (Å²) in [7, 11) is 1.66. The molecule has 4 heteroatoms. The largest absolute Gasteiger partial charge is 0.496 e. The van der Waals surface area contributed by atoms with Crippen LogP contribution in [-0.2, 0) is 0 Å². The molecule has 0 aliphatic carbocycles. The molecule has 1 unspecified atom stereocenters. The first-order valence-corrected chi connectivity index (χ1v) is 7.90. The summed E-state index contributed by atoms with van der Waals surface area (Å²) in [5.74, 6) is 1.66. The van der Waals surface area contributed by atoms with Crippen LogP contribution >= 0.6 is 0 Å². The van der Waals surface area contributed by atoms with E-state index in [4.69, 9.17) is 9.47 Å². The molecule has 0 bridgehead atoms. The SMILES string of the molecule is COc1cc2c(cc1-c1cccnc1)OCC(C)(C)CC2CO. The molecule has 4 nitrogen and oxygen atoms in total. The van der Waals surface area contributed by atoms with Gasteiger partial charge >= 0.3 is 0 Å². The van der Waals surface area contributed by atoms with E-state index >= 15 is 0 Å². The number of hydrogen-bond acceptors (Lipinski definition) is 4. The average Bonchev–Trinajstić information content (AvgIpc) is 2.70. The Morgan fingerprint density at radius 2 is 2.22 bits per heavy atom. The Morgan fingerprint density at radius 1 is 1.39 bits per heavy atom. The zero-order valence-electron chi connectivity index (χ0n) is 13.9. The lowest BCUT2D eigenvalue weighted by molar-refractivity contribution is 0.161. The molecule has 0 saturated carbocycles. The summed E-state index contributed by atoms with van der Waals surface area (Å²) in [5, 5.41) is 9.84. The highest BCUT2D eigenvalue weighted by molar-refractivity contribution is 5.73. The van der Waals surface area contributed by atoms with E-state index < -0.39 is 0 Å². The van der Waals surface area contributed by atoms with Crippen LogP contribution in [0.5, 0.6) is 11.5 Å². The number of methoxy groups -OCH3 is 1. The van der Waals surface area contributed by atoms with Gasteiger partial charge in [0.15, 0.2) is 0 Å². The molecule has 0 radical (unpaired) electrons. The summed E-state index contributed by atoms with van der Waals surface area (Å²) in [6.07, 6.45) is 4.44. The Balaban J connectivity index is 2.12. The van der Waals surface area contributed by atoms with E-state index in [9.17, 15) is 5.11 Å². The van der Waals surface area contributed by atoms with Gasteiger partial charge in [-0.2, -0.15) is 0 Å². The highest BCUT2D eigenvalue weighted by Gasteiger charge is 2.31. The molecule has 0 fully saturated rings. The van der Waals surface area contributed by atoms with Crippen LogP contribution < -0.4 is 9.47 Å². The number of ether oxygens (including phenoxy) is 2. The molecule has 3 rings (SSSR count). The van der Waals surface area contributed by atoms with Gasteiger partial charge in [-0.1, -0.05) is 19.9 Å². The number of pyridine rings is 1. The van der Waals surface area contributed by atoms with E-state index in [-0.39, 0.29) is 17.9 Å². The molecule has 1 atom stereocenters. The molecule has 0 spiro atoms. The Kier molecular flexibility index (Phi) is 4.26. The van der Waals surface area contributed by atoms with Crippen molar-refractivity contribution < 1.29 is 14.6 Å². The molecule has 0 amide bonds. The Morgan fingerprint density at radius 3 is 2.87 bits per heavy atom. The van der Waals surface area contributed by atoms with Gasteiger partial charge in [-0.3, -0.25) is 4.98 Å². The number of aliphatic hydroxyl groups is 1. The first kappa shape index (κ1) is 15.8. The van der Waals surface area contributed by atoms with E-state index in [1.54, 1.807) is 13.3 Å².